The zero-order valence-electron chi connectivity index (χ0n) is 12.3. The smallest absolute Gasteiger partial charge is 0.234 e. The average molecular weight is 428 g/mol. The summed E-state index contributed by atoms with van der Waals surface area (Å²) in [6.45, 7) is 0.516. The first-order valence-electron chi connectivity index (χ1n) is 6.90. The van der Waals surface area contributed by atoms with Crippen molar-refractivity contribution in [3.8, 4) is 0 Å². The Bertz CT molecular complexity index is 838. The minimum Gasteiger partial charge on any atom is -0.467 e. The lowest BCUT2D eigenvalue weighted by molar-refractivity contribution is -0.113. The van der Waals surface area contributed by atoms with Crippen LogP contribution in [0.25, 0.3) is 0 Å². The highest BCUT2D eigenvalue weighted by molar-refractivity contribution is 9.10. The van der Waals surface area contributed by atoms with Crippen LogP contribution < -0.4 is 5.32 Å². The van der Waals surface area contributed by atoms with Gasteiger partial charge in [0.1, 0.15) is 12.1 Å². The number of carbonyl (C=O) groups excluding carboxylic acids is 1. The molecule has 1 aromatic carbocycles. The molecule has 0 atom stereocenters. The Balaban J connectivity index is 1.58. The zero-order chi connectivity index (χ0) is 16.9. The summed E-state index contributed by atoms with van der Waals surface area (Å²) >= 11 is 10.7. The first-order chi connectivity index (χ1) is 11.6. The number of hydrogen-bond donors (Lipinski definition) is 1. The van der Waals surface area contributed by atoms with Gasteiger partial charge in [-0.25, -0.2) is 0 Å². The van der Waals surface area contributed by atoms with Crippen molar-refractivity contribution in [2.75, 3.05) is 11.1 Å². The molecule has 6 nitrogen and oxygen atoms in total. The minimum absolute atomic E-state index is 0.170. The van der Waals surface area contributed by atoms with E-state index in [0.29, 0.717) is 22.4 Å². The highest BCUT2D eigenvalue weighted by atomic mass is 79.9. The molecule has 0 radical (unpaired) electrons. The summed E-state index contributed by atoms with van der Waals surface area (Å²) in [6, 6.07) is 8.98. The van der Waals surface area contributed by atoms with Crippen LogP contribution >= 0.6 is 39.3 Å². The second-order valence-electron chi connectivity index (χ2n) is 4.78. The van der Waals surface area contributed by atoms with Crippen LogP contribution in [0, 0.1) is 0 Å². The first kappa shape index (κ1) is 17.1. The third kappa shape index (κ3) is 4.40. The molecule has 2 heterocycles. The predicted molar refractivity (Wildman–Crippen MR) is 96.3 cm³/mol. The SMILES string of the molecule is O=C(CSc1nncn1Cc1ccco1)Nc1ccc(Br)cc1Cl. The number of rotatable bonds is 6. The summed E-state index contributed by atoms with van der Waals surface area (Å²) in [6.07, 6.45) is 3.22. The predicted octanol–water partition coefficient (Wildman–Crippen LogP) is 4.07. The normalized spacial score (nSPS) is 10.8. The second-order valence-corrected chi connectivity index (χ2v) is 7.05. The fourth-order valence-corrected chi connectivity index (χ4v) is 3.38. The molecular weight excluding hydrogens is 416 g/mol. The van der Waals surface area contributed by atoms with Gasteiger partial charge >= 0.3 is 0 Å². The molecule has 1 amide bonds. The Morgan fingerprint density at radius 1 is 1.42 bits per heavy atom. The van der Waals surface area contributed by atoms with Gasteiger partial charge < -0.3 is 14.3 Å². The summed E-state index contributed by atoms with van der Waals surface area (Å²) in [5.41, 5.74) is 0.572. The number of halogens is 2. The largest absolute Gasteiger partial charge is 0.467 e. The molecule has 124 valence electrons. The lowest BCUT2D eigenvalue weighted by Gasteiger charge is -2.08. The van der Waals surface area contributed by atoms with Crippen LogP contribution in [0.2, 0.25) is 5.02 Å². The number of benzene rings is 1. The van der Waals surface area contributed by atoms with Gasteiger partial charge in [-0.15, -0.1) is 10.2 Å². The number of thioether (sulfide) groups is 1. The van der Waals surface area contributed by atoms with Crippen molar-refractivity contribution in [2.45, 2.75) is 11.7 Å². The van der Waals surface area contributed by atoms with Crippen LogP contribution in [0.1, 0.15) is 5.76 Å². The molecule has 9 heteroatoms. The molecular formula is C15H12BrClN4O2S. The van der Waals surface area contributed by atoms with Gasteiger partial charge in [-0.05, 0) is 30.3 Å². The lowest BCUT2D eigenvalue weighted by Crippen LogP contribution is -2.15. The van der Waals surface area contributed by atoms with Crippen LogP contribution in [0.4, 0.5) is 5.69 Å². The van der Waals surface area contributed by atoms with E-state index < -0.39 is 0 Å². The Labute approximate surface area is 155 Å². The Kier molecular flexibility index (Phi) is 5.60. The van der Waals surface area contributed by atoms with Gasteiger partial charge in [0.05, 0.1) is 29.3 Å². The van der Waals surface area contributed by atoms with Crippen molar-refractivity contribution in [2.24, 2.45) is 0 Å². The second kappa shape index (κ2) is 7.87. The lowest BCUT2D eigenvalue weighted by atomic mass is 10.3. The van der Waals surface area contributed by atoms with Gasteiger partial charge in [0.25, 0.3) is 0 Å². The van der Waals surface area contributed by atoms with E-state index in [-0.39, 0.29) is 11.7 Å². The van der Waals surface area contributed by atoms with E-state index in [2.05, 4.69) is 31.4 Å². The maximum atomic E-state index is 12.1. The van der Waals surface area contributed by atoms with Crippen molar-refractivity contribution in [1.82, 2.24) is 14.8 Å². The maximum Gasteiger partial charge on any atom is 0.234 e. The molecule has 0 aliphatic carbocycles. The summed E-state index contributed by atoms with van der Waals surface area (Å²) in [7, 11) is 0. The van der Waals surface area contributed by atoms with Crippen LogP contribution in [-0.4, -0.2) is 26.4 Å². The van der Waals surface area contributed by atoms with E-state index in [4.69, 9.17) is 16.0 Å². The number of furan rings is 1. The Morgan fingerprint density at radius 2 is 2.29 bits per heavy atom. The van der Waals surface area contributed by atoms with Crippen molar-refractivity contribution in [1.29, 1.82) is 0 Å². The Morgan fingerprint density at radius 3 is 3.04 bits per heavy atom. The van der Waals surface area contributed by atoms with E-state index in [0.717, 1.165) is 10.2 Å². The van der Waals surface area contributed by atoms with E-state index in [9.17, 15) is 4.79 Å². The van der Waals surface area contributed by atoms with Gasteiger partial charge in [0.2, 0.25) is 5.91 Å². The van der Waals surface area contributed by atoms with E-state index in [1.807, 2.05) is 22.8 Å². The third-order valence-corrected chi connectivity index (χ3v) is 4.81. The van der Waals surface area contributed by atoms with E-state index in [1.54, 1.807) is 24.7 Å². The van der Waals surface area contributed by atoms with Crippen LogP contribution in [0.15, 0.2) is 57.0 Å². The van der Waals surface area contributed by atoms with Gasteiger partial charge in [-0.3, -0.25) is 4.79 Å². The molecule has 3 aromatic rings. The average Bonchev–Trinajstić information content (AvgIpc) is 3.20. The molecule has 0 saturated heterocycles. The minimum atomic E-state index is -0.170. The van der Waals surface area contributed by atoms with Gasteiger partial charge in [-0.2, -0.15) is 0 Å². The molecule has 0 spiro atoms. The summed E-state index contributed by atoms with van der Waals surface area (Å²) < 4.78 is 7.98. The van der Waals surface area contributed by atoms with Crippen molar-refractivity contribution in [3.05, 3.63) is 58.2 Å². The zero-order valence-corrected chi connectivity index (χ0v) is 15.4. The standard InChI is InChI=1S/C15H12BrClN4O2S/c16-10-3-4-13(12(17)6-10)19-14(22)8-24-15-20-18-9-21(15)7-11-2-1-5-23-11/h1-6,9H,7-8H2,(H,19,22). The van der Waals surface area contributed by atoms with Gasteiger partial charge in [0, 0.05) is 4.47 Å². The van der Waals surface area contributed by atoms with Crippen molar-refractivity contribution in [3.63, 3.8) is 0 Å². The third-order valence-electron chi connectivity index (χ3n) is 3.02. The van der Waals surface area contributed by atoms with Crippen molar-refractivity contribution >= 4 is 50.9 Å². The van der Waals surface area contributed by atoms with Gasteiger partial charge in [-0.1, -0.05) is 39.3 Å². The molecule has 0 unspecified atom stereocenters. The van der Waals surface area contributed by atoms with Crippen molar-refractivity contribution < 1.29 is 9.21 Å². The maximum absolute atomic E-state index is 12.1. The topological polar surface area (TPSA) is 73.0 Å². The van der Waals surface area contributed by atoms with Gasteiger partial charge in [0.15, 0.2) is 5.16 Å². The highest BCUT2D eigenvalue weighted by Crippen LogP contribution is 2.26. The molecule has 24 heavy (non-hydrogen) atoms. The number of amides is 1. The van der Waals surface area contributed by atoms with E-state index >= 15 is 0 Å². The van der Waals surface area contributed by atoms with Crippen LogP contribution in [0.3, 0.4) is 0 Å². The first-order valence-corrected chi connectivity index (χ1v) is 9.05. The molecule has 1 N–H and O–H groups in total. The number of nitrogens with one attached hydrogen (secondary N) is 1. The number of anilines is 1. The van der Waals surface area contributed by atoms with Crippen LogP contribution in [-0.2, 0) is 11.3 Å². The van der Waals surface area contributed by atoms with Crippen LogP contribution in [0.5, 0.6) is 0 Å². The number of aromatic nitrogens is 3. The number of carbonyl (C=O) groups is 1. The quantitative estimate of drug-likeness (QED) is 0.600. The summed E-state index contributed by atoms with van der Waals surface area (Å²) in [5, 5.41) is 11.8. The Hall–Kier alpha value is -1.77. The molecule has 0 saturated carbocycles. The monoisotopic (exact) mass is 426 g/mol. The molecule has 3 rings (SSSR count). The molecule has 0 bridgehead atoms. The summed E-state index contributed by atoms with van der Waals surface area (Å²) in [5.74, 6) is 0.822. The van der Waals surface area contributed by atoms with E-state index in [1.165, 1.54) is 11.8 Å². The molecule has 0 fully saturated rings. The summed E-state index contributed by atoms with van der Waals surface area (Å²) in [4.78, 5) is 12.1. The number of nitrogens with zero attached hydrogens (tertiary/aromatic N) is 3. The molecule has 2 aromatic heterocycles. The molecule has 0 aliphatic rings. The highest BCUT2D eigenvalue weighted by Gasteiger charge is 2.11. The fourth-order valence-electron chi connectivity index (χ4n) is 1.94. The number of hydrogen-bond acceptors (Lipinski definition) is 5. The fraction of sp³-hybridized carbons (Fsp3) is 0.133. The molecule has 0 aliphatic heterocycles.